The van der Waals surface area contributed by atoms with Gasteiger partial charge in [0.25, 0.3) is 0 Å². The van der Waals surface area contributed by atoms with Crippen LogP contribution in [-0.2, 0) is 9.59 Å². The molecule has 0 aromatic carbocycles. The number of primary amides is 1. The van der Waals surface area contributed by atoms with Crippen molar-refractivity contribution in [3.8, 4) is 0 Å². The number of carboxylic acids is 1. The number of rotatable bonds is 6. The Bertz CT molecular complexity index is 208. The average molecular weight is 260 g/mol. The van der Waals surface area contributed by atoms with Gasteiger partial charge in [-0.25, -0.2) is 0 Å². The van der Waals surface area contributed by atoms with E-state index in [1.807, 2.05) is 0 Å². The van der Waals surface area contributed by atoms with E-state index >= 15 is 0 Å². The van der Waals surface area contributed by atoms with Crippen molar-refractivity contribution in [3.63, 3.8) is 0 Å². The van der Waals surface area contributed by atoms with E-state index in [9.17, 15) is 9.59 Å². The first-order valence-corrected chi connectivity index (χ1v) is 4.38. The van der Waals surface area contributed by atoms with E-state index in [-0.39, 0.29) is 30.7 Å². The lowest BCUT2D eigenvalue weighted by Crippen LogP contribution is -2.23. The second-order valence-corrected chi connectivity index (χ2v) is 3.86. The molecule has 1 amide bonds. The van der Waals surface area contributed by atoms with Crippen LogP contribution in [0, 0.1) is 5.41 Å². The predicted molar refractivity (Wildman–Crippen MR) is 63.6 cm³/mol. The normalized spacial score (nSPS) is 9.73. The molecule has 0 fully saturated rings. The highest BCUT2D eigenvalue weighted by Crippen LogP contribution is 2.23. The van der Waals surface area contributed by atoms with Crippen LogP contribution in [0.25, 0.3) is 0 Å². The standard InChI is InChI=1S/C9H17NO3.2ClH/c1-9(2,8(12)13)6-4-3-5-7(10)11;;/h3-6H2,1-2H3,(H2,10,11)(H,12,13);2*1H. The van der Waals surface area contributed by atoms with Crippen LogP contribution >= 0.6 is 24.8 Å². The average Bonchev–Trinajstić information content (AvgIpc) is 1.97. The van der Waals surface area contributed by atoms with Gasteiger partial charge < -0.3 is 10.8 Å². The summed E-state index contributed by atoms with van der Waals surface area (Å²) in [5, 5.41) is 8.76. The summed E-state index contributed by atoms with van der Waals surface area (Å²) in [6, 6.07) is 0. The number of nitrogens with two attached hydrogens (primary N) is 1. The topological polar surface area (TPSA) is 80.4 Å². The maximum Gasteiger partial charge on any atom is 0.309 e. The Hall–Kier alpha value is -0.480. The molecular weight excluding hydrogens is 241 g/mol. The summed E-state index contributed by atoms with van der Waals surface area (Å²) in [4.78, 5) is 21.0. The van der Waals surface area contributed by atoms with Crippen molar-refractivity contribution >= 4 is 36.7 Å². The summed E-state index contributed by atoms with van der Waals surface area (Å²) in [5.41, 5.74) is 4.25. The van der Waals surface area contributed by atoms with Crippen molar-refractivity contribution in [3.05, 3.63) is 0 Å². The molecule has 0 aromatic heterocycles. The molecule has 4 nitrogen and oxygen atoms in total. The Morgan fingerprint density at radius 3 is 2.00 bits per heavy atom. The van der Waals surface area contributed by atoms with Crippen LogP contribution < -0.4 is 5.73 Å². The van der Waals surface area contributed by atoms with Gasteiger partial charge in [0.2, 0.25) is 5.91 Å². The molecule has 92 valence electrons. The molecule has 0 atom stereocenters. The maximum atomic E-state index is 10.7. The van der Waals surface area contributed by atoms with Gasteiger partial charge in [0.15, 0.2) is 0 Å². The Morgan fingerprint density at radius 2 is 1.67 bits per heavy atom. The van der Waals surface area contributed by atoms with Gasteiger partial charge in [-0.3, -0.25) is 9.59 Å². The molecule has 15 heavy (non-hydrogen) atoms. The van der Waals surface area contributed by atoms with Gasteiger partial charge in [-0.1, -0.05) is 6.42 Å². The van der Waals surface area contributed by atoms with E-state index in [2.05, 4.69) is 0 Å². The number of hydrogen-bond acceptors (Lipinski definition) is 2. The van der Waals surface area contributed by atoms with Gasteiger partial charge in [-0.2, -0.15) is 0 Å². The van der Waals surface area contributed by atoms with E-state index in [1.54, 1.807) is 13.8 Å². The SMILES string of the molecule is CC(C)(CCCCC(N)=O)C(=O)O.Cl.Cl. The molecule has 0 bridgehead atoms. The third-order valence-electron chi connectivity index (χ3n) is 2.05. The number of unbranched alkanes of at least 4 members (excludes halogenated alkanes) is 1. The first kappa shape index (κ1) is 20.0. The van der Waals surface area contributed by atoms with E-state index in [1.165, 1.54) is 0 Å². The number of aliphatic carboxylic acids is 1. The van der Waals surface area contributed by atoms with Crippen LogP contribution in [0.4, 0.5) is 0 Å². The molecule has 0 heterocycles. The van der Waals surface area contributed by atoms with Crippen molar-refractivity contribution in [2.45, 2.75) is 39.5 Å². The molecule has 3 N–H and O–H groups in total. The van der Waals surface area contributed by atoms with Gasteiger partial charge in [0.1, 0.15) is 0 Å². The molecule has 0 aliphatic heterocycles. The third-order valence-corrected chi connectivity index (χ3v) is 2.05. The van der Waals surface area contributed by atoms with Gasteiger partial charge in [-0.15, -0.1) is 24.8 Å². The largest absolute Gasteiger partial charge is 0.481 e. The zero-order valence-corrected chi connectivity index (χ0v) is 10.6. The minimum absolute atomic E-state index is 0. The number of carboxylic acid groups (broad SMARTS) is 1. The van der Waals surface area contributed by atoms with E-state index in [0.717, 1.165) is 6.42 Å². The van der Waals surface area contributed by atoms with Crippen LogP contribution in [0.5, 0.6) is 0 Å². The Morgan fingerprint density at radius 1 is 1.20 bits per heavy atom. The lowest BCUT2D eigenvalue weighted by molar-refractivity contribution is -0.147. The molecular formula is C9H19Cl2NO3. The fraction of sp³-hybridized carbons (Fsp3) is 0.778. The molecule has 0 rings (SSSR count). The predicted octanol–water partition coefficient (Wildman–Crippen LogP) is 1.99. The summed E-state index contributed by atoms with van der Waals surface area (Å²) in [7, 11) is 0. The van der Waals surface area contributed by atoms with Gasteiger partial charge in [-0.05, 0) is 26.7 Å². The second kappa shape index (κ2) is 8.80. The summed E-state index contributed by atoms with van der Waals surface area (Å²) in [5.74, 6) is -1.13. The first-order valence-electron chi connectivity index (χ1n) is 4.38. The highest BCUT2D eigenvalue weighted by atomic mass is 35.5. The minimum atomic E-state index is -0.799. The minimum Gasteiger partial charge on any atom is -0.481 e. The Labute approximate surface area is 102 Å². The van der Waals surface area contributed by atoms with Crippen molar-refractivity contribution in [1.82, 2.24) is 0 Å². The second-order valence-electron chi connectivity index (χ2n) is 3.86. The van der Waals surface area contributed by atoms with E-state index in [0.29, 0.717) is 19.3 Å². The zero-order valence-electron chi connectivity index (χ0n) is 8.99. The van der Waals surface area contributed by atoms with Gasteiger partial charge in [0, 0.05) is 6.42 Å². The van der Waals surface area contributed by atoms with Crippen LogP contribution in [-0.4, -0.2) is 17.0 Å². The van der Waals surface area contributed by atoms with E-state index in [4.69, 9.17) is 10.8 Å². The highest BCUT2D eigenvalue weighted by Gasteiger charge is 2.25. The van der Waals surface area contributed by atoms with E-state index < -0.39 is 11.4 Å². The van der Waals surface area contributed by atoms with Crippen molar-refractivity contribution < 1.29 is 14.7 Å². The number of amides is 1. The third kappa shape index (κ3) is 9.82. The fourth-order valence-electron chi connectivity index (χ4n) is 0.973. The van der Waals surface area contributed by atoms with Crippen molar-refractivity contribution in [2.24, 2.45) is 11.1 Å². The molecule has 0 spiro atoms. The zero-order chi connectivity index (χ0) is 10.5. The van der Waals surface area contributed by atoms with Crippen LogP contribution in [0.1, 0.15) is 39.5 Å². The Kier molecular flexibility index (Phi) is 11.7. The molecule has 0 saturated heterocycles. The lowest BCUT2D eigenvalue weighted by Gasteiger charge is -2.18. The van der Waals surface area contributed by atoms with Crippen LogP contribution in [0.15, 0.2) is 0 Å². The highest BCUT2D eigenvalue weighted by molar-refractivity contribution is 5.85. The maximum absolute atomic E-state index is 10.7. The molecule has 6 heteroatoms. The monoisotopic (exact) mass is 259 g/mol. The smallest absolute Gasteiger partial charge is 0.309 e. The van der Waals surface area contributed by atoms with Crippen LogP contribution in [0.2, 0.25) is 0 Å². The molecule has 0 unspecified atom stereocenters. The van der Waals surface area contributed by atoms with Gasteiger partial charge in [0.05, 0.1) is 5.41 Å². The summed E-state index contributed by atoms with van der Waals surface area (Å²) in [6.45, 7) is 3.36. The van der Waals surface area contributed by atoms with Crippen molar-refractivity contribution in [1.29, 1.82) is 0 Å². The summed E-state index contributed by atoms with van der Waals surface area (Å²) >= 11 is 0. The van der Waals surface area contributed by atoms with Crippen LogP contribution in [0.3, 0.4) is 0 Å². The molecule has 0 radical (unpaired) electrons. The number of halogens is 2. The quantitative estimate of drug-likeness (QED) is 0.716. The number of carbonyl (C=O) groups is 2. The van der Waals surface area contributed by atoms with Crippen molar-refractivity contribution in [2.75, 3.05) is 0 Å². The number of hydrogen-bond donors (Lipinski definition) is 2. The summed E-state index contributed by atoms with van der Waals surface area (Å²) in [6.07, 6.45) is 2.32. The first-order chi connectivity index (χ1) is 5.86. The fourth-order valence-corrected chi connectivity index (χ4v) is 0.973. The molecule has 0 aliphatic carbocycles. The molecule has 0 saturated carbocycles. The van der Waals surface area contributed by atoms with Gasteiger partial charge >= 0.3 is 5.97 Å². The molecule has 0 aromatic rings. The molecule has 0 aliphatic rings. The number of carbonyl (C=O) groups excluding carboxylic acids is 1. The summed E-state index contributed by atoms with van der Waals surface area (Å²) < 4.78 is 0. The Balaban J connectivity index is -0.000000720. The lowest BCUT2D eigenvalue weighted by atomic mass is 9.87.